The summed E-state index contributed by atoms with van der Waals surface area (Å²) in [6.07, 6.45) is -4.67. The normalized spacial score (nSPS) is 13.8. The number of hydrogen-bond acceptors (Lipinski definition) is 3. The molecule has 0 saturated carbocycles. The second-order valence-corrected chi connectivity index (χ2v) is 5.29. The first kappa shape index (κ1) is 13.2. The van der Waals surface area contributed by atoms with Gasteiger partial charge in [-0.25, -0.2) is 0 Å². The van der Waals surface area contributed by atoms with Gasteiger partial charge < -0.3 is 10.1 Å². The Labute approximate surface area is 117 Å². The molecule has 0 amide bonds. The highest BCUT2D eigenvalue weighted by molar-refractivity contribution is 7.98. The molecule has 3 rings (SSSR count). The van der Waals surface area contributed by atoms with Gasteiger partial charge in [-0.1, -0.05) is 18.2 Å². The number of hydrogen-bond donors (Lipinski definition) is 1. The number of para-hydroxylation sites is 1. The molecule has 1 aliphatic heterocycles. The molecule has 2 aromatic carbocycles. The molecule has 0 atom stereocenters. The van der Waals surface area contributed by atoms with E-state index in [-0.39, 0.29) is 5.75 Å². The van der Waals surface area contributed by atoms with Gasteiger partial charge in [-0.3, -0.25) is 0 Å². The number of alkyl halides is 3. The summed E-state index contributed by atoms with van der Waals surface area (Å²) in [4.78, 5) is 1.07. The summed E-state index contributed by atoms with van der Waals surface area (Å²) in [6.45, 7) is 0. The number of anilines is 2. The van der Waals surface area contributed by atoms with Gasteiger partial charge in [0.1, 0.15) is 5.75 Å². The Balaban J connectivity index is 1.94. The van der Waals surface area contributed by atoms with Crippen LogP contribution in [-0.2, 0) is 5.75 Å². The van der Waals surface area contributed by atoms with Crippen LogP contribution in [0.4, 0.5) is 24.5 Å². The van der Waals surface area contributed by atoms with Crippen molar-refractivity contribution in [3.8, 4) is 5.75 Å². The minimum absolute atomic E-state index is 0.215. The average molecular weight is 297 g/mol. The molecule has 104 valence electrons. The van der Waals surface area contributed by atoms with Crippen molar-refractivity contribution in [3.05, 3.63) is 48.0 Å². The van der Waals surface area contributed by atoms with Crippen LogP contribution in [0.1, 0.15) is 5.56 Å². The summed E-state index contributed by atoms with van der Waals surface area (Å²) in [5.41, 5.74) is 2.48. The summed E-state index contributed by atoms with van der Waals surface area (Å²) in [6, 6.07) is 12.1. The molecule has 0 aliphatic carbocycles. The summed E-state index contributed by atoms with van der Waals surface area (Å²) < 4.78 is 40.7. The molecule has 1 heterocycles. The zero-order valence-electron chi connectivity index (χ0n) is 10.2. The van der Waals surface area contributed by atoms with Crippen molar-refractivity contribution in [2.75, 3.05) is 5.32 Å². The minimum Gasteiger partial charge on any atom is -0.406 e. The zero-order chi connectivity index (χ0) is 14.2. The van der Waals surface area contributed by atoms with Gasteiger partial charge in [0.15, 0.2) is 0 Å². The first-order valence-corrected chi connectivity index (χ1v) is 6.87. The van der Waals surface area contributed by atoms with E-state index in [9.17, 15) is 13.2 Å². The lowest BCUT2D eigenvalue weighted by Crippen LogP contribution is -2.17. The Morgan fingerprint density at radius 1 is 1.05 bits per heavy atom. The van der Waals surface area contributed by atoms with Gasteiger partial charge in [0.05, 0.1) is 5.69 Å². The molecule has 0 bridgehead atoms. The lowest BCUT2D eigenvalue weighted by molar-refractivity contribution is -0.274. The van der Waals surface area contributed by atoms with Gasteiger partial charge in [-0.15, -0.1) is 24.9 Å². The third kappa shape index (κ3) is 2.85. The first-order valence-electron chi connectivity index (χ1n) is 5.89. The second kappa shape index (κ2) is 4.94. The molecule has 1 N–H and O–H groups in total. The van der Waals surface area contributed by atoms with Crippen LogP contribution in [0.2, 0.25) is 0 Å². The van der Waals surface area contributed by atoms with E-state index in [1.165, 1.54) is 12.1 Å². The van der Waals surface area contributed by atoms with Crippen LogP contribution in [0.3, 0.4) is 0 Å². The molecular weight excluding hydrogens is 287 g/mol. The largest absolute Gasteiger partial charge is 0.573 e. The monoisotopic (exact) mass is 297 g/mol. The Hall–Kier alpha value is -1.82. The summed E-state index contributed by atoms with van der Waals surface area (Å²) in [7, 11) is 0. The van der Waals surface area contributed by atoms with Gasteiger partial charge in [-0.05, 0) is 23.8 Å². The van der Waals surface area contributed by atoms with Crippen molar-refractivity contribution in [3.63, 3.8) is 0 Å². The van der Waals surface area contributed by atoms with Crippen LogP contribution in [0, 0.1) is 0 Å². The molecule has 2 aromatic rings. The number of ether oxygens (including phenoxy) is 1. The molecule has 0 saturated heterocycles. The van der Waals surface area contributed by atoms with E-state index in [0.29, 0.717) is 11.4 Å². The predicted molar refractivity (Wildman–Crippen MR) is 72.4 cm³/mol. The lowest BCUT2D eigenvalue weighted by Gasteiger charge is -2.13. The third-order valence-corrected chi connectivity index (χ3v) is 3.98. The Bertz CT molecular complexity index is 643. The first-order chi connectivity index (χ1) is 9.51. The van der Waals surface area contributed by atoms with Gasteiger partial charge in [-0.2, -0.15) is 0 Å². The number of thioether (sulfide) groups is 1. The van der Waals surface area contributed by atoms with Crippen LogP contribution < -0.4 is 10.1 Å². The highest BCUT2D eigenvalue weighted by Gasteiger charge is 2.31. The Morgan fingerprint density at radius 2 is 1.85 bits per heavy atom. The fourth-order valence-corrected chi connectivity index (χ4v) is 3.00. The highest BCUT2D eigenvalue weighted by atomic mass is 32.2. The molecule has 0 fully saturated rings. The van der Waals surface area contributed by atoms with Crippen LogP contribution >= 0.6 is 11.8 Å². The molecule has 6 heteroatoms. The van der Waals surface area contributed by atoms with Crippen LogP contribution in [0.25, 0.3) is 0 Å². The fraction of sp³-hybridized carbons (Fsp3) is 0.143. The summed E-state index contributed by atoms with van der Waals surface area (Å²) >= 11 is 1.65. The molecule has 0 radical (unpaired) electrons. The molecule has 2 nitrogen and oxygen atoms in total. The van der Waals surface area contributed by atoms with E-state index in [2.05, 4.69) is 10.1 Å². The second-order valence-electron chi connectivity index (χ2n) is 4.28. The maximum absolute atomic E-state index is 12.2. The van der Waals surface area contributed by atoms with Crippen LogP contribution in [0.5, 0.6) is 5.75 Å². The van der Waals surface area contributed by atoms with Gasteiger partial charge in [0.2, 0.25) is 0 Å². The molecule has 20 heavy (non-hydrogen) atoms. The number of benzene rings is 2. The molecule has 0 unspecified atom stereocenters. The Kier molecular flexibility index (Phi) is 3.25. The lowest BCUT2D eigenvalue weighted by atomic mass is 10.2. The summed E-state index contributed by atoms with van der Waals surface area (Å²) in [5, 5.41) is 3.16. The quantitative estimate of drug-likeness (QED) is 0.806. The number of fused-ring (bicyclic) bond motifs is 2. The van der Waals surface area contributed by atoms with Gasteiger partial charge in [0.25, 0.3) is 0 Å². The van der Waals surface area contributed by atoms with E-state index in [1.54, 1.807) is 17.8 Å². The minimum atomic E-state index is -4.67. The van der Waals surface area contributed by atoms with E-state index in [0.717, 1.165) is 16.1 Å². The molecular formula is C14H10F3NOS. The van der Waals surface area contributed by atoms with Crippen molar-refractivity contribution in [1.29, 1.82) is 0 Å². The van der Waals surface area contributed by atoms with Crippen molar-refractivity contribution in [2.24, 2.45) is 0 Å². The van der Waals surface area contributed by atoms with E-state index >= 15 is 0 Å². The van der Waals surface area contributed by atoms with Crippen LogP contribution in [-0.4, -0.2) is 6.36 Å². The van der Waals surface area contributed by atoms with Gasteiger partial charge >= 0.3 is 6.36 Å². The van der Waals surface area contributed by atoms with E-state index in [4.69, 9.17) is 0 Å². The summed E-state index contributed by atoms with van der Waals surface area (Å²) in [5.74, 6) is 0.485. The number of rotatable bonds is 1. The van der Waals surface area contributed by atoms with Crippen molar-refractivity contribution in [2.45, 2.75) is 17.0 Å². The average Bonchev–Trinajstić information content (AvgIpc) is 2.55. The maximum atomic E-state index is 12.2. The third-order valence-electron chi connectivity index (χ3n) is 2.85. The van der Waals surface area contributed by atoms with Crippen molar-refractivity contribution in [1.82, 2.24) is 0 Å². The van der Waals surface area contributed by atoms with E-state index < -0.39 is 6.36 Å². The van der Waals surface area contributed by atoms with Gasteiger partial charge in [0, 0.05) is 22.4 Å². The highest BCUT2D eigenvalue weighted by Crippen LogP contribution is 2.39. The Morgan fingerprint density at radius 3 is 2.65 bits per heavy atom. The van der Waals surface area contributed by atoms with Crippen molar-refractivity contribution < 1.29 is 17.9 Å². The molecule has 1 aliphatic rings. The zero-order valence-corrected chi connectivity index (χ0v) is 11.0. The predicted octanol–water partition coefficient (Wildman–Crippen LogP) is 4.93. The SMILES string of the molecule is FC(F)(F)Oc1ccc2c(c1)Nc1ccccc1SC2. The standard InChI is InChI=1S/C14H10F3NOS/c15-14(16,17)19-10-6-5-9-8-20-13-4-2-1-3-11(13)18-12(9)7-10/h1-7,18H,8H2. The van der Waals surface area contributed by atoms with Crippen LogP contribution in [0.15, 0.2) is 47.4 Å². The number of halogens is 3. The number of nitrogens with one attached hydrogen (secondary N) is 1. The fourth-order valence-electron chi connectivity index (χ4n) is 1.99. The smallest absolute Gasteiger partial charge is 0.406 e. The maximum Gasteiger partial charge on any atom is 0.573 e. The topological polar surface area (TPSA) is 21.3 Å². The molecule has 0 spiro atoms. The molecule has 0 aromatic heterocycles. The van der Waals surface area contributed by atoms with Crippen molar-refractivity contribution >= 4 is 23.1 Å². The van der Waals surface area contributed by atoms with E-state index in [1.807, 2.05) is 24.3 Å².